The number of ether oxygens (including phenoxy) is 1. The minimum Gasteiger partial charge on any atom is -0.481 e. The molecule has 0 saturated heterocycles. The van der Waals surface area contributed by atoms with Crippen LogP contribution in [0, 0.1) is 11.3 Å². The first kappa shape index (κ1) is 15.1. The predicted octanol–water partition coefficient (Wildman–Crippen LogP) is 3.73. The Morgan fingerprint density at radius 1 is 1.19 bits per heavy atom. The Bertz CT molecular complexity index is 660. The Balaban J connectivity index is 1.95. The first-order valence-electron chi connectivity index (χ1n) is 6.32. The molecule has 21 heavy (non-hydrogen) atoms. The van der Waals surface area contributed by atoms with E-state index < -0.39 is 6.10 Å². The van der Waals surface area contributed by atoms with Crippen LogP contribution < -0.4 is 10.1 Å². The molecule has 0 unspecified atom stereocenters. The van der Waals surface area contributed by atoms with Gasteiger partial charge in [0.05, 0.1) is 11.6 Å². The van der Waals surface area contributed by atoms with Crippen molar-refractivity contribution in [2.75, 3.05) is 5.32 Å². The molecule has 2 aromatic carbocycles. The van der Waals surface area contributed by atoms with Crippen molar-refractivity contribution >= 4 is 27.5 Å². The number of anilines is 1. The highest BCUT2D eigenvalue weighted by atomic mass is 79.9. The Morgan fingerprint density at radius 2 is 1.81 bits per heavy atom. The number of amides is 1. The summed E-state index contributed by atoms with van der Waals surface area (Å²) in [4.78, 5) is 12.0. The van der Waals surface area contributed by atoms with E-state index in [0.29, 0.717) is 17.0 Å². The van der Waals surface area contributed by atoms with Crippen LogP contribution in [0.1, 0.15) is 12.5 Å². The van der Waals surface area contributed by atoms with Gasteiger partial charge in [0, 0.05) is 10.2 Å². The highest BCUT2D eigenvalue weighted by molar-refractivity contribution is 9.10. The Labute approximate surface area is 131 Å². The van der Waals surface area contributed by atoms with Crippen molar-refractivity contribution in [3.8, 4) is 11.8 Å². The van der Waals surface area contributed by atoms with Crippen LogP contribution >= 0.6 is 15.9 Å². The number of nitrogens with one attached hydrogen (secondary N) is 1. The van der Waals surface area contributed by atoms with E-state index in [9.17, 15) is 4.79 Å². The number of rotatable bonds is 4. The number of carbonyl (C=O) groups is 1. The average Bonchev–Trinajstić information content (AvgIpc) is 2.50. The fourth-order valence-corrected chi connectivity index (χ4v) is 1.91. The Morgan fingerprint density at radius 3 is 2.38 bits per heavy atom. The summed E-state index contributed by atoms with van der Waals surface area (Å²) >= 11 is 3.34. The lowest BCUT2D eigenvalue weighted by Gasteiger charge is -2.14. The molecule has 0 aromatic heterocycles. The molecule has 1 N–H and O–H groups in total. The summed E-state index contributed by atoms with van der Waals surface area (Å²) in [5.41, 5.74) is 1.26. The van der Waals surface area contributed by atoms with E-state index in [2.05, 4.69) is 21.2 Å². The van der Waals surface area contributed by atoms with Crippen molar-refractivity contribution in [2.45, 2.75) is 13.0 Å². The minimum absolute atomic E-state index is 0.235. The van der Waals surface area contributed by atoms with Crippen LogP contribution in [-0.4, -0.2) is 12.0 Å². The average molecular weight is 345 g/mol. The van der Waals surface area contributed by atoms with Crippen LogP contribution in [0.4, 0.5) is 5.69 Å². The maximum absolute atomic E-state index is 12.0. The quantitative estimate of drug-likeness (QED) is 0.919. The molecule has 2 aromatic rings. The number of halogens is 1. The normalized spacial score (nSPS) is 11.3. The summed E-state index contributed by atoms with van der Waals surface area (Å²) in [5.74, 6) is 0.314. The molecule has 0 bridgehead atoms. The number of hydrogen-bond acceptors (Lipinski definition) is 3. The third kappa shape index (κ3) is 4.33. The maximum Gasteiger partial charge on any atom is 0.265 e. The van der Waals surface area contributed by atoms with Crippen molar-refractivity contribution in [2.24, 2.45) is 0 Å². The van der Waals surface area contributed by atoms with Crippen molar-refractivity contribution in [3.63, 3.8) is 0 Å². The number of benzene rings is 2. The standard InChI is InChI=1S/C16H13BrN2O2/c1-11(21-15-8-2-12(10-18)3-9-15)16(20)19-14-6-4-13(17)5-7-14/h2-9,11H,1H3,(H,19,20)/t11-/m1/s1. The van der Waals surface area contributed by atoms with Crippen LogP contribution in [0.15, 0.2) is 53.0 Å². The zero-order chi connectivity index (χ0) is 15.2. The van der Waals surface area contributed by atoms with Crippen molar-refractivity contribution < 1.29 is 9.53 Å². The van der Waals surface area contributed by atoms with E-state index in [-0.39, 0.29) is 5.91 Å². The minimum atomic E-state index is -0.637. The van der Waals surface area contributed by atoms with Gasteiger partial charge < -0.3 is 10.1 Å². The second kappa shape index (κ2) is 6.91. The molecule has 0 fully saturated rings. The van der Waals surface area contributed by atoms with Crippen molar-refractivity contribution in [1.29, 1.82) is 5.26 Å². The smallest absolute Gasteiger partial charge is 0.265 e. The second-order valence-electron chi connectivity index (χ2n) is 4.39. The van der Waals surface area contributed by atoms with Gasteiger partial charge in [-0.2, -0.15) is 5.26 Å². The molecular weight excluding hydrogens is 332 g/mol. The molecular formula is C16H13BrN2O2. The van der Waals surface area contributed by atoms with E-state index >= 15 is 0 Å². The van der Waals surface area contributed by atoms with Crippen molar-refractivity contribution in [1.82, 2.24) is 0 Å². The molecule has 2 rings (SSSR count). The van der Waals surface area contributed by atoms with E-state index in [1.54, 1.807) is 43.3 Å². The Kier molecular flexibility index (Phi) is 4.96. The summed E-state index contributed by atoms with van der Waals surface area (Å²) in [6.07, 6.45) is -0.637. The molecule has 0 aliphatic carbocycles. The van der Waals surface area contributed by atoms with Crippen molar-refractivity contribution in [3.05, 3.63) is 58.6 Å². The van der Waals surface area contributed by atoms with Gasteiger partial charge in [-0.3, -0.25) is 4.79 Å². The van der Waals surface area contributed by atoms with Gasteiger partial charge in [-0.25, -0.2) is 0 Å². The highest BCUT2D eigenvalue weighted by Gasteiger charge is 2.14. The van der Waals surface area contributed by atoms with Crippen LogP contribution in [0.25, 0.3) is 0 Å². The summed E-state index contributed by atoms with van der Waals surface area (Å²) in [5, 5.41) is 11.5. The van der Waals surface area contributed by atoms with Gasteiger partial charge in [-0.1, -0.05) is 15.9 Å². The number of nitrogens with zero attached hydrogens (tertiary/aromatic N) is 1. The number of carbonyl (C=O) groups excluding carboxylic acids is 1. The molecule has 106 valence electrons. The molecule has 0 radical (unpaired) electrons. The van der Waals surface area contributed by atoms with Gasteiger partial charge in [-0.05, 0) is 55.5 Å². The number of hydrogen-bond donors (Lipinski definition) is 1. The third-order valence-electron chi connectivity index (χ3n) is 2.78. The first-order valence-corrected chi connectivity index (χ1v) is 7.11. The van der Waals surface area contributed by atoms with Crippen LogP contribution in [0.3, 0.4) is 0 Å². The lowest BCUT2D eigenvalue weighted by atomic mass is 10.2. The molecule has 1 amide bonds. The van der Waals surface area contributed by atoms with Gasteiger partial charge in [-0.15, -0.1) is 0 Å². The van der Waals surface area contributed by atoms with E-state index in [4.69, 9.17) is 10.00 Å². The Hall–Kier alpha value is -2.32. The molecule has 0 spiro atoms. The molecule has 0 saturated carbocycles. The summed E-state index contributed by atoms with van der Waals surface area (Å²) in [6, 6.07) is 16.0. The third-order valence-corrected chi connectivity index (χ3v) is 3.31. The molecule has 4 nitrogen and oxygen atoms in total. The van der Waals surface area contributed by atoms with Crippen LogP contribution in [-0.2, 0) is 4.79 Å². The lowest BCUT2D eigenvalue weighted by Crippen LogP contribution is -2.30. The lowest BCUT2D eigenvalue weighted by molar-refractivity contribution is -0.122. The zero-order valence-electron chi connectivity index (χ0n) is 11.3. The zero-order valence-corrected chi connectivity index (χ0v) is 12.9. The molecule has 0 heterocycles. The van der Waals surface area contributed by atoms with E-state index in [1.165, 1.54) is 0 Å². The van der Waals surface area contributed by atoms with Gasteiger partial charge in [0.25, 0.3) is 5.91 Å². The van der Waals surface area contributed by atoms with Crippen LogP contribution in [0.2, 0.25) is 0 Å². The van der Waals surface area contributed by atoms with Gasteiger partial charge in [0.15, 0.2) is 6.10 Å². The molecule has 0 aliphatic heterocycles. The molecule has 1 atom stereocenters. The SMILES string of the molecule is C[C@@H](Oc1ccc(C#N)cc1)C(=O)Nc1ccc(Br)cc1. The highest BCUT2D eigenvalue weighted by Crippen LogP contribution is 2.16. The van der Waals surface area contributed by atoms with Gasteiger partial charge in [0.2, 0.25) is 0 Å². The van der Waals surface area contributed by atoms with E-state index in [1.807, 2.05) is 18.2 Å². The van der Waals surface area contributed by atoms with Crippen LogP contribution in [0.5, 0.6) is 5.75 Å². The summed E-state index contributed by atoms with van der Waals surface area (Å²) in [7, 11) is 0. The fraction of sp³-hybridized carbons (Fsp3) is 0.125. The number of nitriles is 1. The largest absolute Gasteiger partial charge is 0.481 e. The van der Waals surface area contributed by atoms with E-state index in [0.717, 1.165) is 4.47 Å². The van der Waals surface area contributed by atoms with Gasteiger partial charge >= 0.3 is 0 Å². The van der Waals surface area contributed by atoms with Gasteiger partial charge in [0.1, 0.15) is 5.75 Å². The first-order chi connectivity index (χ1) is 10.1. The topological polar surface area (TPSA) is 62.1 Å². The second-order valence-corrected chi connectivity index (χ2v) is 5.31. The molecule has 0 aliphatic rings. The molecule has 5 heteroatoms. The fourth-order valence-electron chi connectivity index (χ4n) is 1.64. The summed E-state index contributed by atoms with van der Waals surface area (Å²) in [6.45, 7) is 1.67. The predicted molar refractivity (Wildman–Crippen MR) is 84.0 cm³/mol. The monoisotopic (exact) mass is 344 g/mol. The summed E-state index contributed by atoms with van der Waals surface area (Å²) < 4.78 is 6.49. The maximum atomic E-state index is 12.0.